The number of nitrogens with one attached hydrogen (secondary N) is 1. The molecule has 0 fully saturated rings. The third-order valence-corrected chi connectivity index (χ3v) is 2.25. The molecule has 0 bridgehead atoms. The van der Waals surface area contributed by atoms with Gasteiger partial charge in [-0.05, 0) is 5.92 Å². The van der Waals surface area contributed by atoms with E-state index in [9.17, 15) is 0 Å². The molecule has 3 nitrogen and oxygen atoms in total. The van der Waals surface area contributed by atoms with E-state index in [1.807, 2.05) is 18.2 Å². The van der Waals surface area contributed by atoms with E-state index in [1.54, 1.807) is 6.20 Å². The van der Waals surface area contributed by atoms with Crippen LogP contribution in [0.4, 0.5) is 5.82 Å². The molecule has 1 N–H and O–H groups in total. The maximum Gasteiger partial charge on any atom is 0.156 e. The summed E-state index contributed by atoms with van der Waals surface area (Å²) in [6, 6.07) is 8.14. The van der Waals surface area contributed by atoms with Crippen molar-refractivity contribution < 1.29 is 0 Å². The standard InChI is InChI=1S/C12H15N3/c1-9(2)7-13-12-11-6-4-3-5-10(11)8-14-15-12/h3-6,8-9H,7H2,1-2H3,(H,13,15). The molecular weight excluding hydrogens is 186 g/mol. The van der Waals surface area contributed by atoms with Gasteiger partial charge in [-0.3, -0.25) is 0 Å². The SMILES string of the molecule is CC(C)CNc1nncc2ccccc12. The molecule has 78 valence electrons. The third kappa shape index (κ3) is 2.24. The molecule has 1 aromatic heterocycles. The summed E-state index contributed by atoms with van der Waals surface area (Å²) in [6.45, 7) is 5.26. The third-order valence-electron chi connectivity index (χ3n) is 2.25. The molecule has 1 aromatic carbocycles. The van der Waals surface area contributed by atoms with E-state index in [1.165, 1.54) is 0 Å². The zero-order chi connectivity index (χ0) is 10.7. The molecule has 0 amide bonds. The van der Waals surface area contributed by atoms with Gasteiger partial charge in [0.1, 0.15) is 0 Å². The summed E-state index contributed by atoms with van der Waals surface area (Å²) in [4.78, 5) is 0. The summed E-state index contributed by atoms with van der Waals surface area (Å²) < 4.78 is 0. The van der Waals surface area contributed by atoms with Crippen molar-refractivity contribution in [1.82, 2.24) is 10.2 Å². The van der Waals surface area contributed by atoms with E-state index in [0.717, 1.165) is 23.1 Å². The fourth-order valence-corrected chi connectivity index (χ4v) is 1.46. The lowest BCUT2D eigenvalue weighted by molar-refractivity contribution is 0.686. The number of anilines is 1. The number of benzene rings is 1. The van der Waals surface area contributed by atoms with Crippen LogP contribution < -0.4 is 5.32 Å². The van der Waals surface area contributed by atoms with E-state index in [-0.39, 0.29) is 0 Å². The van der Waals surface area contributed by atoms with Crippen molar-refractivity contribution in [3.8, 4) is 0 Å². The smallest absolute Gasteiger partial charge is 0.156 e. The fraction of sp³-hybridized carbons (Fsp3) is 0.333. The summed E-state index contributed by atoms with van der Waals surface area (Å²) in [5.41, 5.74) is 0. The van der Waals surface area contributed by atoms with Crippen molar-refractivity contribution in [1.29, 1.82) is 0 Å². The van der Waals surface area contributed by atoms with Gasteiger partial charge in [0.25, 0.3) is 0 Å². The second-order valence-corrected chi connectivity index (χ2v) is 4.06. The van der Waals surface area contributed by atoms with Crippen LogP contribution in [0.5, 0.6) is 0 Å². The Hall–Kier alpha value is -1.64. The van der Waals surface area contributed by atoms with Gasteiger partial charge >= 0.3 is 0 Å². The maximum absolute atomic E-state index is 4.12. The summed E-state index contributed by atoms with van der Waals surface area (Å²) in [6.07, 6.45) is 1.79. The Morgan fingerprint density at radius 1 is 1.27 bits per heavy atom. The van der Waals surface area contributed by atoms with Crippen molar-refractivity contribution >= 4 is 16.6 Å². The Labute approximate surface area is 89.5 Å². The average Bonchev–Trinajstić information content (AvgIpc) is 2.26. The molecule has 0 aliphatic carbocycles. The average molecular weight is 201 g/mol. The van der Waals surface area contributed by atoms with E-state index < -0.39 is 0 Å². The van der Waals surface area contributed by atoms with E-state index in [0.29, 0.717) is 5.92 Å². The van der Waals surface area contributed by atoms with Crippen LogP contribution in [0.1, 0.15) is 13.8 Å². The van der Waals surface area contributed by atoms with Gasteiger partial charge in [0.2, 0.25) is 0 Å². The van der Waals surface area contributed by atoms with E-state index >= 15 is 0 Å². The topological polar surface area (TPSA) is 37.8 Å². The zero-order valence-corrected chi connectivity index (χ0v) is 9.07. The highest BCUT2D eigenvalue weighted by Gasteiger charge is 2.02. The number of hydrogen-bond donors (Lipinski definition) is 1. The normalized spacial score (nSPS) is 10.9. The molecule has 0 saturated carbocycles. The molecule has 3 heteroatoms. The van der Waals surface area contributed by atoms with Crippen molar-refractivity contribution in [3.05, 3.63) is 30.5 Å². The first-order valence-electron chi connectivity index (χ1n) is 5.21. The molecule has 0 aliphatic rings. The molecule has 0 radical (unpaired) electrons. The molecule has 0 saturated heterocycles. The van der Waals surface area contributed by atoms with Crippen LogP contribution in [0.3, 0.4) is 0 Å². The second kappa shape index (κ2) is 4.26. The van der Waals surface area contributed by atoms with Gasteiger partial charge in [-0.1, -0.05) is 38.1 Å². The summed E-state index contributed by atoms with van der Waals surface area (Å²) in [5, 5.41) is 13.7. The van der Waals surface area contributed by atoms with Crippen LogP contribution in [0, 0.1) is 5.92 Å². The monoisotopic (exact) mass is 201 g/mol. The molecule has 1 heterocycles. The number of aromatic nitrogens is 2. The molecular formula is C12H15N3. The van der Waals surface area contributed by atoms with Gasteiger partial charge in [0.05, 0.1) is 6.20 Å². The lowest BCUT2D eigenvalue weighted by Gasteiger charge is -2.09. The van der Waals surface area contributed by atoms with Crippen molar-refractivity contribution in [2.45, 2.75) is 13.8 Å². The molecule has 0 aliphatic heterocycles. The van der Waals surface area contributed by atoms with E-state index in [4.69, 9.17) is 0 Å². The molecule has 2 aromatic rings. The summed E-state index contributed by atoms with van der Waals surface area (Å²) in [5.74, 6) is 1.48. The minimum atomic E-state index is 0.603. The van der Waals surface area contributed by atoms with Gasteiger partial charge in [-0.2, -0.15) is 5.10 Å². The molecule has 0 atom stereocenters. The number of hydrogen-bond acceptors (Lipinski definition) is 3. The van der Waals surface area contributed by atoms with Gasteiger partial charge in [-0.25, -0.2) is 0 Å². The fourth-order valence-electron chi connectivity index (χ4n) is 1.46. The molecule has 0 spiro atoms. The number of nitrogens with zero attached hydrogens (tertiary/aromatic N) is 2. The minimum absolute atomic E-state index is 0.603. The molecule has 15 heavy (non-hydrogen) atoms. The molecule has 0 unspecified atom stereocenters. The first-order valence-corrected chi connectivity index (χ1v) is 5.21. The zero-order valence-electron chi connectivity index (χ0n) is 9.07. The number of fused-ring (bicyclic) bond motifs is 1. The van der Waals surface area contributed by atoms with Gasteiger partial charge in [0.15, 0.2) is 5.82 Å². The van der Waals surface area contributed by atoms with Gasteiger partial charge < -0.3 is 5.32 Å². The van der Waals surface area contributed by atoms with Gasteiger partial charge in [-0.15, -0.1) is 5.10 Å². The van der Waals surface area contributed by atoms with E-state index in [2.05, 4.69) is 35.4 Å². The van der Waals surface area contributed by atoms with Crippen LogP contribution in [0.2, 0.25) is 0 Å². The van der Waals surface area contributed by atoms with Crippen LogP contribution in [-0.4, -0.2) is 16.7 Å². The Kier molecular flexibility index (Phi) is 2.81. The van der Waals surface area contributed by atoms with Crippen LogP contribution in [0.25, 0.3) is 10.8 Å². The lowest BCUT2D eigenvalue weighted by atomic mass is 10.2. The van der Waals surface area contributed by atoms with Crippen molar-refractivity contribution in [2.24, 2.45) is 5.92 Å². The highest BCUT2D eigenvalue weighted by Crippen LogP contribution is 2.19. The summed E-state index contributed by atoms with van der Waals surface area (Å²) in [7, 11) is 0. The largest absolute Gasteiger partial charge is 0.368 e. The number of rotatable bonds is 3. The Morgan fingerprint density at radius 2 is 2.07 bits per heavy atom. The predicted molar refractivity (Wildman–Crippen MR) is 62.9 cm³/mol. The quantitative estimate of drug-likeness (QED) is 0.829. The molecule has 2 rings (SSSR count). The summed E-state index contributed by atoms with van der Waals surface area (Å²) >= 11 is 0. The predicted octanol–water partition coefficient (Wildman–Crippen LogP) is 2.70. The first kappa shape index (κ1) is 9.90. The van der Waals surface area contributed by atoms with Gasteiger partial charge in [0, 0.05) is 17.3 Å². The van der Waals surface area contributed by atoms with Crippen molar-refractivity contribution in [3.63, 3.8) is 0 Å². The Balaban J connectivity index is 2.34. The second-order valence-electron chi connectivity index (χ2n) is 4.06. The highest BCUT2D eigenvalue weighted by atomic mass is 15.2. The minimum Gasteiger partial charge on any atom is -0.368 e. The Bertz CT molecular complexity index is 446. The highest BCUT2D eigenvalue weighted by molar-refractivity contribution is 5.90. The van der Waals surface area contributed by atoms with Crippen LogP contribution in [0.15, 0.2) is 30.5 Å². The Morgan fingerprint density at radius 3 is 2.87 bits per heavy atom. The van der Waals surface area contributed by atoms with Crippen LogP contribution in [-0.2, 0) is 0 Å². The van der Waals surface area contributed by atoms with Crippen LogP contribution >= 0.6 is 0 Å². The lowest BCUT2D eigenvalue weighted by Crippen LogP contribution is -2.09. The van der Waals surface area contributed by atoms with Crippen molar-refractivity contribution in [2.75, 3.05) is 11.9 Å². The first-order chi connectivity index (χ1) is 7.27. The maximum atomic E-state index is 4.12.